The fourth-order valence-electron chi connectivity index (χ4n) is 1.75. The molecule has 1 aromatic rings. The van der Waals surface area contributed by atoms with Crippen LogP contribution in [0.25, 0.3) is 0 Å². The van der Waals surface area contributed by atoms with Crippen LogP contribution < -0.4 is 11.2 Å². The van der Waals surface area contributed by atoms with Crippen molar-refractivity contribution in [3.8, 4) is 0 Å². The van der Waals surface area contributed by atoms with E-state index in [1.807, 2.05) is 4.98 Å². The number of aromatic amines is 1. The minimum absolute atomic E-state index is 0.0275. The second-order valence-electron chi connectivity index (χ2n) is 4.24. The molecule has 7 nitrogen and oxygen atoms in total. The number of ketones is 1. The topological polar surface area (TPSA) is 101 Å². The third-order valence-corrected chi connectivity index (χ3v) is 2.66. The molecule has 0 aromatic carbocycles. The molecule has 0 unspecified atom stereocenters. The summed E-state index contributed by atoms with van der Waals surface area (Å²) < 4.78 is 6.36. The molecular formula is C10H12N2O5. The summed E-state index contributed by atoms with van der Waals surface area (Å²) in [6, 6.07) is 1.13. The van der Waals surface area contributed by atoms with Crippen LogP contribution in [0.15, 0.2) is 21.9 Å². The molecule has 0 saturated carbocycles. The van der Waals surface area contributed by atoms with E-state index in [1.54, 1.807) is 6.92 Å². The van der Waals surface area contributed by atoms with Gasteiger partial charge in [0.25, 0.3) is 5.56 Å². The van der Waals surface area contributed by atoms with Gasteiger partial charge in [-0.3, -0.25) is 19.1 Å². The van der Waals surface area contributed by atoms with Gasteiger partial charge in [-0.2, -0.15) is 0 Å². The van der Waals surface area contributed by atoms with Crippen molar-refractivity contribution in [2.24, 2.45) is 0 Å². The molecular weight excluding hydrogens is 228 g/mol. The molecule has 17 heavy (non-hydrogen) atoms. The number of rotatable bonds is 2. The smallest absolute Gasteiger partial charge is 0.330 e. The van der Waals surface area contributed by atoms with E-state index in [2.05, 4.69) is 0 Å². The van der Waals surface area contributed by atoms with E-state index < -0.39 is 23.1 Å². The van der Waals surface area contributed by atoms with E-state index in [1.165, 1.54) is 6.20 Å². The van der Waals surface area contributed by atoms with Crippen LogP contribution in [0.2, 0.25) is 0 Å². The van der Waals surface area contributed by atoms with Crippen LogP contribution in [0.1, 0.15) is 19.6 Å². The van der Waals surface area contributed by atoms with Gasteiger partial charge in [0, 0.05) is 18.7 Å². The lowest BCUT2D eigenvalue weighted by Crippen LogP contribution is -2.35. The highest BCUT2D eigenvalue weighted by molar-refractivity contribution is 5.84. The Morgan fingerprint density at radius 2 is 2.29 bits per heavy atom. The number of aliphatic hydroxyl groups is 1. The zero-order valence-corrected chi connectivity index (χ0v) is 9.17. The third kappa shape index (κ3) is 2.06. The molecule has 0 radical (unpaired) electrons. The second-order valence-corrected chi connectivity index (χ2v) is 4.24. The number of nitrogens with zero attached hydrogens (tertiary/aromatic N) is 1. The maximum Gasteiger partial charge on any atom is 0.330 e. The number of carbonyl (C=O) groups is 1. The quantitative estimate of drug-likeness (QED) is 0.674. The monoisotopic (exact) mass is 240 g/mol. The SMILES string of the molecule is C[C@@]1(CO)CC(=O)[C@@H](n2ccc(=O)[nH]c2=O)O1. The molecule has 0 amide bonds. The second kappa shape index (κ2) is 3.94. The van der Waals surface area contributed by atoms with E-state index >= 15 is 0 Å². The Balaban J connectivity index is 2.39. The average molecular weight is 240 g/mol. The Morgan fingerprint density at radius 1 is 1.59 bits per heavy atom. The molecule has 1 aliphatic rings. The van der Waals surface area contributed by atoms with E-state index in [0.29, 0.717) is 0 Å². The first kappa shape index (κ1) is 11.7. The lowest BCUT2D eigenvalue weighted by atomic mass is 10.0. The van der Waals surface area contributed by atoms with Crippen LogP contribution in [0, 0.1) is 0 Å². The Hall–Kier alpha value is -1.73. The minimum atomic E-state index is -1.09. The number of aliphatic hydroxyl groups excluding tert-OH is 1. The fourth-order valence-corrected chi connectivity index (χ4v) is 1.75. The normalized spacial score (nSPS) is 28.6. The molecule has 1 fully saturated rings. The molecule has 7 heteroatoms. The van der Waals surface area contributed by atoms with Gasteiger partial charge in [-0.15, -0.1) is 0 Å². The van der Waals surface area contributed by atoms with Gasteiger partial charge in [0.1, 0.15) is 0 Å². The summed E-state index contributed by atoms with van der Waals surface area (Å²) >= 11 is 0. The van der Waals surface area contributed by atoms with Crippen LogP contribution in [-0.4, -0.2) is 32.6 Å². The number of Topliss-reactive ketones (excluding diaryl/α,β-unsaturated/α-hetero) is 1. The highest BCUT2D eigenvalue weighted by atomic mass is 16.5. The first-order valence-electron chi connectivity index (χ1n) is 5.08. The summed E-state index contributed by atoms with van der Waals surface area (Å²) in [6.45, 7) is 1.27. The van der Waals surface area contributed by atoms with E-state index in [4.69, 9.17) is 9.84 Å². The molecule has 1 aliphatic heterocycles. The van der Waals surface area contributed by atoms with Gasteiger partial charge < -0.3 is 9.84 Å². The van der Waals surface area contributed by atoms with Crippen molar-refractivity contribution in [3.05, 3.63) is 33.1 Å². The number of aromatic nitrogens is 2. The number of hydrogen-bond acceptors (Lipinski definition) is 5. The Bertz CT molecular complexity index is 560. The zero-order chi connectivity index (χ0) is 12.6. The zero-order valence-electron chi connectivity index (χ0n) is 9.17. The van der Waals surface area contributed by atoms with Crippen molar-refractivity contribution in [2.45, 2.75) is 25.2 Å². The van der Waals surface area contributed by atoms with Crippen LogP contribution in [0.4, 0.5) is 0 Å². The Morgan fingerprint density at radius 3 is 2.82 bits per heavy atom. The van der Waals surface area contributed by atoms with Gasteiger partial charge in [0.2, 0.25) is 0 Å². The van der Waals surface area contributed by atoms with Crippen molar-refractivity contribution in [2.75, 3.05) is 6.61 Å². The van der Waals surface area contributed by atoms with Gasteiger partial charge in [0.05, 0.1) is 12.2 Å². The summed E-state index contributed by atoms with van der Waals surface area (Å²) in [5, 5.41) is 9.10. The van der Waals surface area contributed by atoms with Crippen LogP contribution in [0.3, 0.4) is 0 Å². The largest absolute Gasteiger partial charge is 0.393 e. The van der Waals surface area contributed by atoms with Gasteiger partial charge in [-0.1, -0.05) is 0 Å². The molecule has 2 heterocycles. The lowest BCUT2D eigenvalue weighted by molar-refractivity contribution is -0.131. The maximum atomic E-state index is 11.7. The average Bonchev–Trinajstić information content (AvgIpc) is 2.55. The van der Waals surface area contributed by atoms with Crippen molar-refractivity contribution in [1.82, 2.24) is 9.55 Å². The molecule has 2 rings (SSSR count). The summed E-state index contributed by atoms with van der Waals surface area (Å²) in [5.74, 6) is -0.310. The van der Waals surface area contributed by atoms with Crippen LogP contribution in [-0.2, 0) is 9.53 Å². The first-order chi connectivity index (χ1) is 7.95. The highest BCUT2D eigenvalue weighted by Gasteiger charge is 2.43. The van der Waals surface area contributed by atoms with Crippen LogP contribution in [0.5, 0.6) is 0 Å². The molecule has 1 saturated heterocycles. The van der Waals surface area contributed by atoms with E-state index in [-0.39, 0.29) is 18.8 Å². The summed E-state index contributed by atoms with van der Waals surface area (Å²) in [5.41, 5.74) is -2.23. The fraction of sp³-hybridized carbons (Fsp3) is 0.500. The van der Waals surface area contributed by atoms with E-state index in [0.717, 1.165) is 10.6 Å². The molecule has 1 aromatic heterocycles. The minimum Gasteiger partial charge on any atom is -0.393 e. The number of H-pyrrole nitrogens is 1. The predicted molar refractivity (Wildman–Crippen MR) is 56.6 cm³/mol. The number of nitrogens with one attached hydrogen (secondary N) is 1. The summed E-state index contributed by atoms with van der Waals surface area (Å²) in [4.78, 5) is 36.1. The van der Waals surface area contributed by atoms with Gasteiger partial charge in [0.15, 0.2) is 12.0 Å². The predicted octanol–water partition coefficient (Wildman–Crippen LogP) is -1.22. The third-order valence-electron chi connectivity index (χ3n) is 2.66. The first-order valence-corrected chi connectivity index (χ1v) is 5.08. The number of ether oxygens (including phenoxy) is 1. The van der Waals surface area contributed by atoms with Crippen molar-refractivity contribution < 1.29 is 14.6 Å². The van der Waals surface area contributed by atoms with E-state index in [9.17, 15) is 14.4 Å². The molecule has 2 atom stereocenters. The van der Waals surface area contributed by atoms with Gasteiger partial charge in [-0.25, -0.2) is 4.79 Å². The summed E-state index contributed by atoms with van der Waals surface area (Å²) in [7, 11) is 0. The van der Waals surface area contributed by atoms with Gasteiger partial charge >= 0.3 is 5.69 Å². The molecule has 92 valence electrons. The van der Waals surface area contributed by atoms with Crippen molar-refractivity contribution in [3.63, 3.8) is 0 Å². The molecule has 2 N–H and O–H groups in total. The molecule has 0 aliphatic carbocycles. The van der Waals surface area contributed by atoms with Crippen molar-refractivity contribution >= 4 is 5.78 Å². The van der Waals surface area contributed by atoms with Crippen molar-refractivity contribution in [1.29, 1.82) is 0 Å². The Kier molecular flexibility index (Phi) is 2.72. The lowest BCUT2D eigenvalue weighted by Gasteiger charge is -2.21. The summed E-state index contributed by atoms with van der Waals surface area (Å²) in [6.07, 6.45) is 0.142. The maximum absolute atomic E-state index is 11.7. The van der Waals surface area contributed by atoms with Gasteiger partial charge in [-0.05, 0) is 6.92 Å². The number of carbonyl (C=O) groups excluding carboxylic acids is 1. The highest BCUT2D eigenvalue weighted by Crippen LogP contribution is 2.31. The standard InChI is InChI=1S/C10H12N2O5/c1-10(5-13)4-6(14)8(17-10)12-3-2-7(15)11-9(12)16/h2-3,8,13H,4-5H2,1H3,(H,11,15,16)/t8-,10-/m0/s1. The molecule has 0 spiro atoms. The Labute approximate surface area is 95.7 Å². The molecule has 0 bridgehead atoms. The van der Waals surface area contributed by atoms with Crippen LogP contribution >= 0.6 is 0 Å². The number of hydrogen-bond donors (Lipinski definition) is 2.